The Hall–Kier alpha value is -1.06. The van der Waals surface area contributed by atoms with Crippen LogP contribution in [0.2, 0.25) is 0 Å². The van der Waals surface area contributed by atoms with E-state index in [1.165, 1.54) is 0 Å². The second-order valence-electron chi connectivity index (χ2n) is 3.45. The van der Waals surface area contributed by atoms with E-state index in [9.17, 15) is 10.2 Å². The van der Waals surface area contributed by atoms with Gasteiger partial charge in [0.15, 0.2) is 0 Å². The van der Waals surface area contributed by atoms with E-state index in [0.29, 0.717) is 6.54 Å². The molecule has 0 amide bonds. The highest BCUT2D eigenvalue weighted by atomic mass is 16.3. The zero-order valence-corrected chi connectivity index (χ0v) is 7.27. The summed E-state index contributed by atoms with van der Waals surface area (Å²) < 4.78 is 0. The Balaban J connectivity index is 2.16. The minimum atomic E-state index is -0.257. The molecule has 3 nitrogen and oxygen atoms in total. The highest BCUT2D eigenvalue weighted by Gasteiger charge is 2.23. The molecule has 70 valence electrons. The number of phenols is 1. The average Bonchev–Trinajstić information content (AvgIpc) is 2.52. The van der Waals surface area contributed by atoms with Gasteiger partial charge in [-0.15, -0.1) is 0 Å². The van der Waals surface area contributed by atoms with E-state index in [2.05, 4.69) is 5.32 Å². The topological polar surface area (TPSA) is 52.5 Å². The van der Waals surface area contributed by atoms with Gasteiger partial charge in [0, 0.05) is 12.6 Å². The Morgan fingerprint density at radius 3 is 2.85 bits per heavy atom. The Labute approximate surface area is 77.0 Å². The second kappa shape index (κ2) is 3.36. The van der Waals surface area contributed by atoms with E-state index in [1.54, 1.807) is 12.1 Å². The SMILES string of the molecule is Oc1cccc(C2CC(O)CN2)c1. The maximum absolute atomic E-state index is 9.31. The first-order valence-corrected chi connectivity index (χ1v) is 4.46. The lowest BCUT2D eigenvalue weighted by Gasteiger charge is -2.09. The number of aromatic hydroxyl groups is 1. The Morgan fingerprint density at radius 2 is 2.23 bits per heavy atom. The third kappa shape index (κ3) is 1.82. The summed E-state index contributed by atoms with van der Waals surface area (Å²) in [4.78, 5) is 0. The smallest absolute Gasteiger partial charge is 0.115 e. The monoisotopic (exact) mass is 179 g/mol. The summed E-state index contributed by atoms with van der Waals surface area (Å²) in [5, 5.41) is 21.7. The summed E-state index contributed by atoms with van der Waals surface area (Å²) >= 11 is 0. The van der Waals surface area contributed by atoms with Crippen molar-refractivity contribution in [3.05, 3.63) is 29.8 Å². The van der Waals surface area contributed by atoms with Crippen LogP contribution >= 0.6 is 0 Å². The molecule has 0 saturated carbocycles. The zero-order valence-electron chi connectivity index (χ0n) is 7.27. The number of nitrogens with one attached hydrogen (secondary N) is 1. The first kappa shape index (κ1) is 8.53. The Morgan fingerprint density at radius 1 is 1.38 bits per heavy atom. The molecule has 2 unspecified atom stereocenters. The van der Waals surface area contributed by atoms with E-state index >= 15 is 0 Å². The fourth-order valence-corrected chi connectivity index (χ4v) is 1.71. The maximum Gasteiger partial charge on any atom is 0.115 e. The molecule has 3 N–H and O–H groups in total. The number of aliphatic hydroxyl groups is 1. The van der Waals surface area contributed by atoms with Crippen molar-refractivity contribution in [2.45, 2.75) is 18.6 Å². The van der Waals surface area contributed by atoms with Gasteiger partial charge in [0.05, 0.1) is 6.10 Å². The van der Waals surface area contributed by atoms with Crippen LogP contribution in [-0.4, -0.2) is 22.9 Å². The summed E-state index contributed by atoms with van der Waals surface area (Å²) in [7, 11) is 0. The van der Waals surface area contributed by atoms with E-state index in [4.69, 9.17) is 0 Å². The molecule has 1 fully saturated rings. The molecule has 13 heavy (non-hydrogen) atoms. The summed E-state index contributed by atoms with van der Waals surface area (Å²) in [5.41, 5.74) is 1.04. The van der Waals surface area contributed by atoms with E-state index in [-0.39, 0.29) is 17.9 Å². The molecule has 0 aromatic heterocycles. The molecule has 0 spiro atoms. The van der Waals surface area contributed by atoms with Crippen LogP contribution in [0.4, 0.5) is 0 Å². The fourth-order valence-electron chi connectivity index (χ4n) is 1.71. The number of hydrogen-bond donors (Lipinski definition) is 3. The largest absolute Gasteiger partial charge is 0.508 e. The minimum absolute atomic E-state index is 0.182. The maximum atomic E-state index is 9.31. The highest BCUT2D eigenvalue weighted by molar-refractivity contribution is 5.30. The van der Waals surface area contributed by atoms with Gasteiger partial charge in [-0.05, 0) is 24.1 Å². The van der Waals surface area contributed by atoms with E-state index in [1.807, 2.05) is 12.1 Å². The molecule has 1 aliphatic rings. The number of β-amino-alcohol motifs (C(OH)–C–C–N with tert-alkyl or cyclic N) is 1. The summed E-state index contributed by atoms with van der Waals surface area (Å²) in [5.74, 6) is 0.278. The molecule has 1 aromatic rings. The van der Waals surface area contributed by atoms with E-state index < -0.39 is 0 Å². The quantitative estimate of drug-likeness (QED) is 0.597. The number of hydrogen-bond acceptors (Lipinski definition) is 3. The van der Waals surface area contributed by atoms with Gasteiger partial charge < -0.3 is 15.5 Å². The summed E-state index contributed by atoms with van der Waals surface area (Å²) in [6.45, 7) is 0.639. The first-order chi connectivity index (χ1) is 6.25. The van der Waals surface area contributed by atoms with Crippen molar-refractivity contribution in [1.29, 1.82) is 0 Å². The molecule has 1 aromatic carbocycles. The van der Waals surface area contributed by atoms with Crippen molar-refractivity contribution in [3.63, 3.8) is 0 Å². The van der Waals surface area contributed by atoms with Gasteiger partial charge in [0.2, 0.25) is 0 Å². The predicted octanol–water partition coefficient (Wildman–Crippen LogP) is 0.787. The van der Waals surface area contributed by atoms with Crippen molar-refractivity contribution in [1.82, 2.24) is 5.32 Å². The normalized spacial score (nSPS) is 27.8. The van der Waals surface area contributed by atoms with Gasteiger partial charge in [-0.3, -0.25) is 0 Å². The van der Waals surface area contributed by atoms with Crippen molar-refractivity contribution in [2.75, 3.05) is 6.54 Å². The highest BCUT2D eigenvalue weighted by Crippen LogP contribution is 2.25. The molecule has 1 saturated heterocycles. The molecule has 0 bridgehead atoms. The molecular weight excluding hydrogens is 166 g/mol. The molecule has 3 heteroatoms. The van der Waals surface area contributed by atoms with Crippen LogP contribution in [0, 0.1) is 0 Å². The van der Waals surface area contributed by atoms with Crippen molar-refractivity contribution >= 4 is 0 Å². The van der Waals surface area contributed by atoms with Crippen LogP contribution in [0.25, 0.3) is 0 Å². The minimum Gasteiger partial charge on any atom is -0.508 e. The molecular formula is C10H13NO2. The Kier molecular flexibility index (Phi) is 2.20. The number of aliphatic hydroxyl groups excluding tert-OH is 1. The van der Waals surface area contributed by atoms with Crippen LogP contribution < -0.4 is 5.32 Å². The van der Waals surface area contributed by atoms with Crippen LogP contribution in [0.3, 0.4) is 0 Å². The summed E-state index contributed by atoms with van der Waals surface area (Å²) in [6.07, 6.45) is 0.469. The first-order valence-electron chi connectivity index (χ1n) is 4.46. The van der Waals surface area contributed by atoms with Gasteiger partial charge in [-0.2, -0.15) is 0 Å². The van der Waals surface area contributed by atoms with E-state index in [0.717, 1.165) is 12.0 Å². The molecule has 1 aliphatic heterocycles. The molecule has 2 rings (SSSR count). The molecule has 2 atom stereocenters. The van der Waals surface area contributed by atoms with Gasteiger partial charge in [0.25, 0.3) is 0 Å². The van der Waals surface area contributed by atoms with Gasteiger partial charge in [0.1, 0.15) is 5.75 Å². The third-order valence-corrected chi connectivity index (χ3v) is 2.38. The zero-order chi connectivity index (χ0) is 9.26. The predicted molar refractivity (Wildman–Crippen MR) is 49.5 cm³/mol. The average molecular weight is 179 g/mol. The molecule has 0 radical (unpaired) electrons. The van der Waals surface area contributed by atoms with Crippen LogP contribution in [0.5, 0.6) is 5.75 Å². The molecule has 1 heterocycles. The molecule has 0 aliphatic carbocycles. The van der Waals surface area contributed by atoms with Crippen LogP contribution in [0.1, 0.15) is 18.0 Å². The van der Waals surface area contributed by atoms with Gasteiger partial charge in [-0.1, -0.05) is 12.1 Å². The standard InChI is InChI=1S/C10H13NO2/c12-8-3-1-2-7(4-8)10-5-9(13)6-11-10/h1-4,9-13H,5-6H2. The lowest BCUT2D eigenvalue weighted by Crippen LogP contribution is -2.14. The lowest BCUT2D eigenvalue weighted by atomic mass is 10.0. The van der Waals surface area contributed by atoms with Gasteiger partial charge in [-0.25, -0.2) is 0 Å². The van der Waals surface area contributed by atoms with Crippen LogP contribution in [0.15, 0.2) is 24.3 Å². The summed E-state index contributed by atoms with van der Waals surface area (Å²) in [6, 6.07) is 7.33. The second-order valence-corrected chi connectivity index (χ2v) is 3.45. The lowest BCUT2D eigenvalue weighted by molar-refractivity contribution is 0.193. The van der Waals surface area contributed by atoms with Gasteiger partial charge >= 0.3 is 0 Å². The van der Waals surface area contributed by atoms with Crippen molar-refractivity contribution < 1.29 is 10.2 Å². The number of benzene rings is 1. The van der Waals surface area contributed by atoms with Crippen molar-refractivity contribution in [3.8, 4) is 5.75 Å². The number of rotatable bonds is 1. The Bertz CT molecular complexity index is 301. The third-order valence-electron chi connectivity index (χ3n) is 2.38. The number of phenolic OH excluding ortho intramolecular Hbond substituents is 1. The van der Waals surface area contributed by atoms with Crippen molar-refractivity contribution in [2.24, 2.45) is 0 Å². The van der Waals surface area contributed by atoms with Crippen LogP contribution in [-0.2, 0) is 0 Å². The fraction of sp³-hybridized carbons (Fsp3) is 0.400.